The fraction of sp³-hybridized carbons (Fsp3) is 0.667. The first-order valence-electron chi connectivity index (χ1n) is 5.09. The van der Waals surface area contributed by atoms with Gasteiger partial charge in [0.1, 0.15) is 6.54 Å². The Morgan fingerprint density at radius 1 is 1.47 bits per heavy atom. The van der Waals surface area contributed by atoms with Gasteiger partial charge < -0.3 is 25.3 Å². The number of carbonyl (C=O) groups is 3. The molecule has 1 aliphatic heterocycles. The van der Waals surface area contributed by atoms with Crippen molar-refractivity contribution in [3.05, 3.63) is 0 Å². The molecule has 0 spiro atoms. The van der Waals surface area contributed by atoms with Crippen molar-refractivity contribution in [3.8, 4) is 0 Å². The van der Waals surface area contributed by atoms with Crippen molar-refractivity contribution in [3.63, 3.8) is 0 Å². The number of piperazine rings is 1. The molecule has 0 aromatic heterocycles. The molecule has 3 N–H and O–H groups in total. The minimum absolute atomic E-state index is 0.0362. The van der Waals surface area contributed by atoms with Gasteiger partial charge in [0.2, 0.25) is 5.91 Å². The number of nitrogens with one attached hydrogen (secondary N) is 1. The zero-order valence-corrected chi connectivity index (χ0v) is 9.42. The van der Waals surface area contributed by atoms with E-state index in [-0.39, 0.29) is 19.0 Å². The van der Waals surface area contributed by atoms with Crippen LogP contribution < -0.4 is 5.32 Å². The SMILES string of the molecule is CN1CCN(C(=O)NCC(O)C(=O)O)CC1=O. The quantitative estimate of drug-likeness (QED) is 0.528. The highest BCUT2D eigenvalue weighted by atomic mass is 16.4. The van der Waals surface area contributed by atoms with Crippen LogP contribution in [0.4, 0.5) is 4.79 Å². The number of rotatable bonds is 3. The molecule has 0 aliphatic carbocycles. The van der Waals surface area contributed by atoms with Crippen molar-refractivity contribution in [2.24, 2.45) is 0 Å². The summed E-state index contributed by atoms with van der Waals surface area (Å²) in [5, 5.41) is 19.6. The summed E-state index contributed by atoms with van der Waals surface area (Å²) in [6.07, 6.45) is -1.64. The largest absolute Gasteiger partial charge is 0.479 e. The van der Waals surface area contributed by atoms with E-state index in [1.54, 1.807) is 7.05 Å². The Hall–Kier alpha value is -1.83. The first-order valence-corrected chi connectivity index (χ1v) is 5.09. The van der Waals surface area contributed by atoms with Crippen molar-refractivity contribution in [2.45, 2.75) is 6.10 Å². The Balaban J connectivity index is 2.38. The van der Waals surface area contributed by atoms with Crippen LogP contribution in [0.5, 0.6) is 0 Å². The summed E-state index contributed by atoms with van der Waals surface area (Å²) in [6.45, 7) is 0.408. The van der Waals surface area contributed by atoms with Crippen molar-refractivity contribution < 1.29 is 24.6 Å². The third-order valence-corrected chi connectivity index (χ3v) is 2.48. The minimum Gasteiger partial charge on any atom is -0.479 e. The van der Waals surface area contributed by atoms with E-state index in [1.807, 2.05) is 0 Å². The highest BCUT2D eigenvalue weighted by Crippen LogP contribution is 2.00. The fourth-order valence-corrected chi connectivity index (χ4v) is 1.31. The molecule has 0 bridgehead atoms. The van der Waals surface area contributed by atoms with Gasteiger partial charge in [-0.1, -0.05) is 0 Å². The van der Waals surface area contributed by atoms with Crippen molar-refractivity contribution >= 4 is 17.9 Å². The van der Waals surface area contributed by atoms with Crippen LogP contribution in [0, 0.1) is 0 Å². The van der Waals surface area contributed by atoms with Gasteiger partial charge in [-0.15, -0.1) is 0 Å². The Labute approximate surface area is 97.8 Å². The molecule has 3 amide bonds. The summed E-state index contributed by atoms with van der Waals surface area (Å²) in [5.41, 5.74) is 0. The van der Waals surface area contributed by atoms with Crippen LogP contribution in [-0.4, -0.2) is 77.3 Å². The summed E-state index contributed by atoms with van der Waals surface area (Å²) < 4.78 is 0. The second kappa shape index (κ2) is 5.48. The molecule has 1 aliphatic rings. The maximum atomic E-state index is 11.5. The van der Waals surface area contributed by atoms with Crippen LogP contribution in [0.25, 0.3) is 0 Å². The number of carboxylic acid groups (broad SMARTS) is 1. The zero-order chi connectivity index (χ0) is 13.0. The molecule has 1 saturated heterocycles. The molecule has 1 heterocycles. The lowest BCUT2D eigenvalue weighted by Gasteiger charge is -2.32. The van der Waals surface area contributed by atoms with E-state index in [2.05, 4.69) is 5.32 Å². The van der Waals surface area contributed by atoms with Gasteiger partial charge in [-0.3, -0.25) is 4.79 Å². The molecular weight excluding hydrogens is 230 g/mol. The molecule has 1 rings (SSSR count). The van der Waals surface area contributed by atoms with Crippen LogP contribution in [0.2, 0.25) is 0 Å². The molecule has 1 fully saturated rings. The van der Waals surface area contributed by atoms with Crippen LogP contribution in [0.15, 0.2) is 0 Å². The monoisotopic (exact) mass is 245 g/mol. The number of carbonyl (C=O) groups excluding carboxylic acids is 2. The topological polar surface area (TPSA) is 110 Å². The van der Waals surface area contributed by atoms with Gasteiger partial charge in [0.05, 0.1) is 6.54 Å². The molecular formula is C9H15N3O5. The maximum Gasteiger partial charge on any atom is 0.334 e. The predicted molar refractivity (Wildman–Crippen MR) is 56.3 cm³/mol. The molecule has 8 nitrogen and oxygen atoms in total. The van der Waals surface area contributed by atoms with E-state index in [4.69, 9.17) is 10.2 Å². The van der Waals surface area contributed by atoms with E-state index in [0.29, 0.717) is 13.1 Å². The van der Waals surface area contributed by atoms with Gasteiger partial charge in [-0.25, -0.2) is 9.59 Å². The summed E-state index contributed by atoms with van der Waals surface area (Å²) in [4.78, 5) is 35.9. The number of likely N-dealkylation sites (N-methyl/N-ethyl adjacent to an activating group) is 1. The molecule has 0 aromatic rings. The summed E-state index contributed by atoms with van der Waals surface area (Å²) in [7, 11) is 1.64. The predicted octanol–water partition coefficient (Wildman–Crippen LogP) is -2.08. The highest BCUT2D eigenvalue weighted by molar-refractivity contribution is 5.85. The van der Waals surface area contributed by atoms with E-state index in [0.717, 1.165) is 0 Å². The maximum absolute atomic E-state index is 11.5. The molecule has 0 aromatic carbocycles. The molecule has 1 unspecified atom stereocenters. The highest BCUT2D eigenvalue weighted by Gasteiger charge is 2.25. The second-order valence-electron chi connectivity index (χ2n) is 3.78. The smallest absolute Gasteiger partial charge is 0.334 e. The van der Waals surface area contributed by atoms with Crippen molar-refractivity contribution in [1.82, 2.24) is 15.1 Å². The molecule has 1 atom stereocenters. The molecule has 17 heavy (non-hydrogen) atoms. The van der Waals surface area contributed by atoms with Crippen LogP contribution >= 0.6 is 0 Å². The van der Waals surface area contributed by atoms with Crippen LogP contribution in [0.3, 0.4) is 0 Å². The van der Waals surface area contributed by atoms with E-state index >= 15 is 0 Å². The third kappa shape index (κ3) is 3.59. The number of urea groups is 1. The lowest BCUT2D eigenvalue weighted by Crippen LogP contribution is -2.54. The van der Waals surface area contributed by atoms with Gasteiger partial charge in [0, 0.05) is 20.1 Å². The van der Waals surface area contributed by atoms with Gasteiger partial charge in [-0.05, 0) is 0 Å². The number of nitrogens with zero attached hydrogens (tertiary/aromatic N) is 2. The second-order valence-corrected chi connectivity index (χ2v) is 3.78. The van der Waals surface area contributed by atoms with E-state index in [1.165, 1.54) is 9.80 Å². The van der Waals surface area contributed by atoms with Gasteiger partial charge >= 0.3 is 12.0 Å². The number of hydrogen-bond acceptors (Lipinski definition) is 4. The molecule has 8 heteroatoms. The molecule has 0 saturated carbocycles. The van der Waals surface area contributed by atoms with E-state index in [9.17, 15) is 14.4 Å². The average molecular weight is 245 g/mol. The number of amides is 3. The van der Waals surface area contributed by atoms with Gasteiger partial charge in [0.15, 0.2) is 6.10 Å². The fourth-order valence-electron chi connectivity index (χ4n) is 1.31. The minimum atomic E-state index is -1.64. The van der Waals surface area contributed by atoms with Crippen molar-refractivity contribution in [1.29, 1.82) is 0 Å². The van der Waals surface area contributed by atoms with Crippen LogP contribution in [-0.2, 0) is 9.59 Å². The van der Waals surface area contributed by atoms with E-state index < -0.39 is 18.1 Å². The number of aliphatic carboxylic acids is 1. The average Bonchev–Trinajstić information content (AvgIpc) is 2.28. The standard InChI is InChI=1S/C9H15N3O5/c1-11-2-3-12(5-7(11)14)9(17)10-4-6(13)8(15)16/h6,13H,2-5H2,1H3,(H,10,17)(H,15,16). The molecule has 0 radical (unpaired) electrons. The Kier molecular flexibility index (Phi) is 4.27. The number of aliphatic hydroxyl groups excluding tert-OH is 1. The Morgan fingerprint density at radius 2 is 2.12 bits per heavy atom. The Morgan fingerprint density at radius 3 is 2.65 bits per heavy atom. The number of hydrogen-bond donors (Lipinski definition) is 3. The van der Waals surface area contributed by atoms with Crippen molar-refractivity contribution in [2.75, 3.05) is 33.2 Å². The summed E-state index contributed by atoms with van der Waals surface area (Å²) in [6, 6.07) is -0.549. The zero-order valence-electron chi connectivity index (χ0n) is 9.42. The lowest BCUT2D eigenvalue weighted by atomic mass is 10.3. The normalized spacial score (nSPS) is 17.9. The Bertz CT molecular complexity index is 333. The lowest BCUT2D eigenvalue weighted by molar-refractivity contribution is -0.146. The number of aliphatic hydroxyl groups is 1. The number of carboxylic acids is 1. The van der Waals surface area contributed by atoms with Crippen LogP contribution in [0.1, 0.15) is 0 Å². The van der Waals surface area contributed by atoms with Gasteiger partial charge in [-0.2, -0.15) is 0 Å². The third-order valence-electron chi connectivity index (χ3n) is 2.48. The summed E-state index contributed by atoms with van der Waals surface area (Å²) >= 11 is 0. The van der Waals surface area contributed by atoms with Gasteiger partial charge in [0.25, 0.3) is 0 Å². The molecule has 96 valence electrons. The summed E-state index contributed by atoms with van der Waals surface area (Å²) in [5.74, 6) is -1.58. The first kappa shape index (κ1) is 13.2. The first-order chi connectivity index (χ1) is 7.91.